The lowest BCUT2D eigenvalue weighted by atomic mass is 9.76. The van der Waals surface area contributed by atoms with E-state index in [-0.39, 0.29) is 5.92 Å². The molecule has 2 aliphatic rings. The second-order valence-electron chi connectivity index (χ2n) is 7.03. The number of carbonyl (C=O) groups is 1. The molecule has 3 N–H and O–H groups in total. The topological polar surface area (TPSA) is 61.4 Å². The van der Waals surface area contributed by atoms with Crippen molar-refractivity contribution in [3.8, 4) is 0 Å². The van der Waals surface area contributed by atoms with Gasteiger partial charge in [0.2, 0.25) is 0 Å². The zero-order valence-corrected chi connectivity index (χ0v) is 13.8. The maximum atomic E-state index is 12.4. The molecule has 3 rings (SSSR count). The van der Waals surface area contributed by atoms with Crippen molar-refractivity contribution in [3.63, 3.8) is 0 Å². The number of piperidine rings is 1. The third kappa shape index (κ3) is 3.43. The van der Waals surface area contributed by atoms with E-state index in [1.165, 1.54) is 0 Å². The summed E-state index contributed by atoms with van der Waals surface area (Å²) in [6.07, 6.45) is 6.54. The normalized spacial score (nSPS) is 22.8. The molecular formula is C19H28N2O2. The molecule has 0 amide bonds. The van der Waals surface area contributed by atoms with Crippen molar-refractivity contribution in [3.05, 3.63) is 35.9 Å². The van der Waals surface area contributed by atoms with Crippen LogP contribution < -0.4 is 10.6 Å². The molecule has 0 spiro atoms. The minimum atomic E-state index is -0.928. The Morgan fingerprint density at radius 2 is 1.78 bits per heavy atom. The molecule has 1 aromatic carbocycles. The fraction of sp³-hybridized carbons (Fsp3) is 0.632. The van der Waals surface area contributed by atoms with Crippen LogP contribution in [-0.4, -0.2) is 30.7 Å². The van der Waals surface area contributed by atoms with E-state index in [2.05, 4.69) is 10.6 Å². The quantitative estimate of drug-likeness (QED) is 0.755. The fourth-order valence-electron chi connectivity index (χ4n) is 4.31. The summed E-state index contributed by atoms with van der Waals surface area (Å²) < 4.78 is 0. The number of carboxylic acid groups (broad SMARTS) is 1. The van der Waals surface area contributed by atoms with Crippen molar-refractivity contribution in [2.75, 3.05) is 19.6 Å². The average molecular weight is 316 g/mol. The van der Waals surface area contributed by atoms with Crippen LogP contribution in [-0.2, 0) is 10.3 Å². The summed E-state index contributed by atoms with van der Waals surface area (Å²) in [6, 6.07) is 9.81. The Morgan fingerprint density at radius 1 is 1.13 bits per heavy atom. The second-order valence-corrected chi connectivity index (χ2v) is 7.03. The molecule has 1 aromatic rings. The Balaban J connectivity index is 1.86. The fourth-order valence-corrected chi connectivity index (χ4v) is 4.31. The number of nitrogens with one attached hydrogen (secondary N) is 2. The Labute approximate surface area is 138 Å². The van der Waals surface area contributed by atoms with Gasteiger partial charge in [-0.1, -0.05) is 43.2 Å². The van der Waals surface area contributed by atoms with Gasteiger partial charge in [-0.2, -0.15) is 0 Å². The van der Waals surface area contributed by atoms with Gasteiger partial charge >= 0.3 is 5.97 Å². The van der Waals surface area contributed by atoms with Crippen molar-refractivity contribution < 1.29 is 9.90 Å². The highest BCUT2D eigenvalue weighted by Crippen LogP contribution is 2.41. The average Bonchev–Trinajstić information content (AvgIpc) is 3.12. The highest BCUT2D eigenvalue weighted by Gasteiger charge is 2.48. The molecule has 1 atom stereocenters. The van der Waals surface area contributed by atoms with Gasteiger partial charge in [0.25, 0.3) is 0 Å². The summed E-state index contributed by atoms with van der Waals surface area (Å²) in [6.45, 7) is 2.88. The third-order valence-electron chi connectivity index (χ3n) is 5.66. The predicted molar refractivity (Wildman–Crippen MR) is 91.3 cm³/mol. The van der Waals surface area contributed by atoms with Crippen LogP contribution in [0.2, 0.25) is 0 Å². The molecule has 1 saturated heterocycles. The Morgan fingerprint density at radius 3 is 2.39 bits per heavy atom. The minimum absolute atomic E-state index is 0.184. The molecule has 0 unspecified atom stereocenters. The molecule has 4 nitrogen and oxygen atoms in total. The molecule has 4 heteroatoms. The number of rotatable bonds is 6. The van der Waals surface area contributed by atoms with Gasteiger partial charge in [0.15, 0.2) is 0 Å². The first kappa shape index (κ1) is 16.5. The second kappa shape index (κ2) is 7.45. The van der Waals surface area contributed by atoms with Crippen molar-refractivity contribution in [2.24, 2.45) is 11.8 Å². The van der Waals surface area contributed by atoms with Crippen LogP contribution in [0.5, 0.6) is 0 Å². The lowest BCUT2D eigenvalue weighted by molar-refractivity contribution is -0.148. The van der Waals surface area contributed by atoms with E-state index in [9.17, 15) is 9.90 Å². The largest absolute Gasteiger partial charge is 0.480 e. The van der Waals surface area contributed by atoms with E-state index in [1.54, 1.807) is 0 Å². The van der Waals surface area contributed by atoms with Gasteiger partial charge in [-0.15, -0.1) is 0 Å². The maximum absolute atomic E-state index is 12.4. The molecule has 126 valence electrons. The minimum Gasteiger partial charge on any atom is -0.480 e. The summed E-state index contributed by atoms with van der Waals surface area (Å²) in [5.74, 6) is 0.0359. The number of aliphatic carboxylic acids is 1. The number of benzene rings is 1. The Bertz CT molecular complexity index is 507. The van der Waals surface area contributed by atoms with Gasteiger partial charge in [-0.25, -0.2) is 4.79 Å². The van der Waals surface area contributed by atoms with Crippen LogP contribution in [0.1, 0.15) is 44.1 Å². The Kier molecular flexibility index (Phi) is 5.34. The SMILES string of the molecule is O=C(O)[C@@](NCC1CCNCC1)(c1ccccc1)C1CCCC1. The van der Waals surface area contributed by atoms with E-state index in [4.69, 9.17) is 0 Å². The molecule has 1 saturated carbocycles. The lowest BCUT2D eigenvalue weighted by Gasteiger charge is -2.38. The smallest absolute Gasteiger partial charge is 0.328 e. The van der Waals surface area contributed by atoms with E-state index in [1.807, 2.05) is 30.3 Å². The summed E-state index contributed by atoms with van der Waals surface area (Å²) >= 11 is 0. The predicted octanol–water partition coefficient (Wildman–Crippen LogP) is 2.75. The van der Waals surface area contributed by atoms with Crippen LogP contribution >= 0.6 is 0 Å². The molecule has 2 fully saturated rings. The molecule has 1 heterocycles. The van der Waals surface area contributed by atoms with Gasteiger partial charge in [0, 0.05) is 0 Å². The standard InChI is InChI=1S/C19H28N2O2/c22-18(23)19(17-8-4-5-9-17,16-6-2-1-3-7-16)21-14-15-10-12-20-13-11-15/h1-3,6-7,15,17,20-21H,4-5,8-14H2,(H,22,23)/t19-/m1/s1. The van der Waals surface area contributed by atoms with Crippen LogP contribution in [0.3, 0.4) is 0 Å². The van der Waals surface area contributed by atoms with Crippen molar-refractivity contribution in [1.29, 1.82) is 0 Å². The summed E-state index contributed by atoms with van der Waals surface area (Å²) in [4.78, 5) is 12.4. The number of hydrogen-bond donors (Lipinski definition) is 3. The first-order valence-corrected chi connectivity index (χ1v) is 8.98. The first-order valence-electron chi connectivity index (χ1n) is 8.98. The lowest BCUT2D eigenvalue weighted by Crippen LogP contribution is -2.55. The van der Waals surface area contributed by atoms with Crippen molar-refractivity contribution in [1.82, 2.24) is 10.6 Å². The summed E-state index contributed by atoms with van der Waals surface area (Å²) in [5, 5.41) is 17.1. The van der Waals surface area contributed by atoms with Gasteiger partial charge in [-0.3, -0.25) is 5.32 Å². The number of carboxylic acids is 1. The van der Waals surface area contributed by atoms with Crippen molar-refractivity contribution >= 4 is 5.97 Å². The van der Waals surface area contributed by atoms with Crippen molar-refractivity contribution in [2.45, 2.75) is 44.1 Å². The molecule has 1 aliphatic heterocycles. The van der Waals surface area contributed by atoms with E-state index in [0.29, 0.717) is 5.92 Å². The monoisotopic (exact) mass is 316 g/mol. The Hall–Kier alpha value is -1.39. The summed E-state index contributed by atoms with van der Waals surface area (Å²) in [5.41, 5.74) is -0.0174. The van der Waals surface area contributed by atoms with E-state index >= 15 is 0 Å². The van der Waals surface area contributed by atoms with E-state index in [0.717, 1.165) is 63.7 Å². The van der Waals surface area contributed by atoms with Crippen LogP contribution in [0.4, 0.5) is 0 Å². The molecule has 23 heavy (non-hydrogen) atoms. The van der Waals surface area contributed by atoms with Crippen LogP contribution in [0.25, 0.3) is 0 Å². The zero-order chi connectivity index (χ0) is 16.1. The highest BCUT2D eigenvalue weighted by molar-refractivity contribution is 5.81. The first-order chi connectivity index (χ1) is 11.2. The molecule has 0 radical (unpaired) electrons. The zero-order valence-electron chi connectivity index (χ0n) is 13.8. The van der Waals surface area contributed by atoms with Gasteiger partial charge in [0.1, 0.15) is 5.54 Å². The van der Waals surface area contributed by atoms with Gasteiger partial charge < -0.3 is 10.4 Å². The molecular weight excluding hydrogens is 288 g/mol. The van der Waals surface area contributed by atoms with Crippen LogP contribution in [0.15, 0.2) is 30.3 Å². The molecule has 1 aliphatic carbocycles. The summed E-state index contributed by atoms with van der Waals surface area (Å²) in [7, 11) is 0. The van der Waals surface area contributed by atoms with E-state index < -0.39 is 11.5 Å². The van der Waals surface area contributed by atoms with Gasteiger partial charge in [-0.05, 0) is 62.7 Å². The van der Waals surface area contributed by atoms with Gasteiger partial charge in [0.05, 0.1) is 0 Å². The third-order valence-corrected chi connectivity index (χ3v) is 5.66. The number of hydrogen-bond acceptors (Lipinski definition) is 3. The van der Waals surface area contributed by atoms with Crippen LogP contribution in [0, 0.1) is 11.8 Å². The highest BCUT2D eigenvalue weighted by atomic mass is 16.4. The molecule has 0 aromatic heterocycles. The molecule has 0 bridgehead atoms. The maximum Gasteiger partial charge on any atom is 0.328 e.